The number of methoxy groups -OCH3 is 1. The molecule has 0 aliphatic carbocycles. The van der Waals surface area contributed by atoms with Crippen LogP contribution < -0.4 is 5.32 Å². The fourth-order valence-corrected chi connectivity index (χ4v) is 1.42. The van der Waals surface area contributed by atoms with E-state index >= 15 is 0 Å². The van der Waals surface area contributed by atoms with Gasteiger partial charge >= 0.3 is 0 Å². The largest absolute Gasteiger partial charge is 0.383 e. The van der Waals surface area contributed by atoms with Crippen molar-refractivity contribution in [3.63, 3.8) is 0 Å². The molecule has 0 radical (unpaired) electrons. The number of ether oxygens (including phenoxy) is 1. The third-order valence-corrected chi connectivity index (χ3v) is 2.74. The van der Waals surface area contributed by atoms with Crippen LogP contribution in [0.15, 0.2) is 0 Å². The van der Waals surface area contributed by atoms with Crippen molar-refractivity contribution >= 4 is 0 Å². The molecule has 0 amide bonds. The Bertz CT molecular complexity index is 119. The molecule has 0 aromatic carbocycles. The summed E-state index contributed by atoms with van der Waals surface area (Å²) in [4.78, 5) is 2.42. The van der Waals surface area contributed by atoms with E-state index in [4.69, 9.17) is 4.74 Å². The minimum Gasteiger partial charge on any atom is -0.383 e. The lowest BCUT2D eigenvalue weighted by atomic mass is 10.1. The summed E-state index contributed by atoms with van der Waals surface area (Å²) >= 11 is 0. The van der Waals surface area contributed by atoms with Crippen molar-refractivity contribution in [2.45, 2.75) is 32.9 Å². The van der Waals surface area contributed by atoms with Crippen LogP contribution in [0.4, 0.5) is 0 Å². The topological polar surface area (TPSA) is 24.5 Å². The van der Waals surface area contributed by atoms with Gasteiger partial charge in [-0.25, -0.2) is 0 Å². The van der Waals surface area contributed by atoms with E-state index in [1.807, 2.05) is 7.05 Å². The molecule has 0 bridgehead atoms. The summed E-state index contributed by atoms with van der Waals surface area (Å²) in [7, 11) is 3.76. The van der Waals surface area contributed by atoms with Gasteiger partial charge in [-0.1, -0.05) is 6.92 Å². The molecule has 0 aromatic heterocycles. The summed E-state index contributed by atoms with van der Waals surface area (Å²) in [5, 5.41) is 3.27. The SMILES string of the molecule is CCN(CCOC)C(C)C(C)NC. The maximum absolute atomic E-state index is 5.08. The Hall–Kier alpha value is -0.120. The van der Waals surface area contributed by atoms with Crippen LogP contribution in [-0.4, -0.2) is 50.8 Å². The minimum atomic E-state index is 0.525. The minimum absolute atomic E-state index is 0.525. The number of likely N-dealkylation sites (N-methyl/N-ethyl adjacent to an activating group) is 2. The van der Waals surface area contributed by atoms with Crippen LogP contribution in [0.3, 0.4) is 0 Å². The molecule has 0 spiro atoms. The van der Waals surface area contributed by atoms with E-state index in [0.29, 0.717) is 12.1 Å². The average molecular weight is 188 g/mol. The van der Waals surface area contributed by atoms with Crippen molar-refractivity contribution in [2.24, 2.45) is 0 Å². The first-order valence-corrected chi connectivity index (χ1v) is 5.07. The number of hydrogen-bond acceptors (Lipinski definition) is 3. The summed E-state index contributed by atoms with van der Waals surface area (Å²) in [6, 6.07) is 1.09. The second-order valence-corrected chi connectivity index (χ2v) is 3.44. The molecule has 3 heteroatoms. The van der Waals surface area contributed by atoms with Crippen LogP contribution >= 0.6 is 0 Å². The predicted molar refractivity (Wildman–Crippen MR) is 57.1 cm³/mol. The second kappa shape index (κ2) is 7.30. The van der Waals surface area contributed by atoms with E-state index in [1.165, 1.54) is 0 Å². The van der Waals surface area contributed by atoms with Gasteiger partial charge in [0.05, 0.1) is 6.61 Å². The number of nitrogens with one attached hydrogen (secondary N) is 1. The molecular weight excluding hydrogens is 164 g/mol. The Labute approximate surface area is 82.4 Å². The highest BCUT2D eigenvalue weighted by molar-refractivity contribution is 4.75. The van der Waals surface area contributed by atoms with Crippen molar-refractivity contribution in [3.05, 3.63) is 0 Å². The Kier molecular flexibility index (Phi) is 7.23. The first-order valence-electron chi connectivity index (χ1n) is 5.07. The Balaban J connectivity index is 3.90. The fraction of sp³-hybridized carbons (Fsp3) is 1.00. The summed E-state index contributed by atoms with van der Waals surface area (Å²) in [5.74, 6) is 0. The zero-order valence-electron chi connectivity index (χ0n) is 9.63. The van der Waals surface area contributed by atoms with Crippen LogP contribution in [0.1, 0.15) is 20.8 Å². The predicted octanol–water partition coefficient (Wildman–Crippen LogP) is 0.951. The molecule has 0 saturated carbocycles. The lowest BCUT2D eigenvalue weighted by molar-refractivity contribution is 0.117. The molecule has 0 heterocycles. The van der Waals surface area contributed by atoms with Crippen LogP contribution in [0.2, 0.25) is 0 Å². The second-order valence-electron chi connectivity index (χ2n) is 3.44. The number of nitrogens with zero attached hydrogens (tertiary/aromatic N) is 1. The lowest BCUT2D eigenvalue weighted by Gasteiger charge is -2.31. The van der Waals surface area contributed by atoms with Crippen molar-refractivity contribution in [1.29, 1.82) is 0 Å². The quantitative estimate of drug-likeness (QED) is 0.644. The van der Waals surface area contributed by atoms with Crippen molar-refractivity contribution in [2.75, 3.05) is 33.9 Å². The third kappa shape index (κ3) is 4.60. The van der Waals surface area contributed by atoms with Gasteiger partial charge in [0.15, 0.2) is 0 Å². The molecule has 0 aliphatic rings. The molecule has 1 N–H and O–H groups in total. The highest BCUT2D eigenvalue weighted by Crippen LogP contribution is 2.03. The Morgan fingerprint density at radius 1 is 1.38 bits per heavy atom. The van der Waals surface area contributed by atoms with Crippen molar-refractivity contribution in [3.8, 4) is 0 Å². The van der Waals surface area contributed by atoms with Gasteiger partial charge in [0.1, 0.15) is 0 Å². The highest BCUT2D eigenvalue weighted by atomic mass is 16.5. The first-order chi connectivity index (χ1) is 6.17. The van der Waals surface area contributed by atoms with Gasteiger partial charge in [-0.3, -0.25) is 4.90 Å². The molecule has 0 aliphatic heterocycles. The molecule has 2 unspecified atom stereocenters. The van der Waals surface area contributed by atoms with E-state index in [1.54, 1.807) is 7.11 Å². The number of rotatable bonds is 7. The summed E-state index contributed by atoms with van der Waals surface area (Å²) in [5.41, 5.74) is 0. The molecular formula is C10H24N2O. The molecule has 0 aromatic rings. The van der Waals surface area contributed by atoms with Gasteiger partial charge in [0.2, 0.25) is 0 Å². The highest BCUT2D eigenvalue weighted by Gasteiger charge is 2.16. The van der Waals surface area contributed by atoms with Crippen LogP contribution in [0, 0.1) is 0 Å². The number of hydrogen-bond donors (Lipinski definition) is 1. The first kappa shape index (κ1) is 12.9. The van der Waals surface area contributed by atoms with Gasteiger partial charge < -0.3 is 10.1 Å². The molecule has 3 nitrogen and oxygen atoms in total. The van der Waals surface area contributed by atoms with Gasteiger partial charge in [-0.15, -0.1) is 0 Å². The van der Waals surface area contributed by atoms with Gasteiger partial charge in [0, 0.05) is 25.7 Å². The third-order valence-electron chi connectivity index (χ3n) is 2.74. The molecule has 0 fully saturated rings. The summed E-state index contributed by atoms with van der Waals surface area (Å²) in [6.07, 6.45) is 0. The van der Waals surface area contributed by atoms with E-state index in [-0.39, 0.29) is 0 Å². The average Bonchev–Trinajstić information content (AvgIpc) is 2.17. The van der Waals surface area contributed by atoms with E-state index in [2.05, 4.69) is 31.0 Å². The standard InChI is InChI=1S/C10H24N2O/c1-6-12(7-8-13-5)10(3)9(2)11-4/h9-11H,6-8H2,1-5H3. The molecule has 2 atom stereocenters. The molecule has 13 heavy (non-hydrogen) atoms. The van der Waals surface area contributed by atoms with E-state index < -0.39 is 0 Å². The summed E-state index contributed by atoms with van der Waals surface area (Å²) < 4.78 is 5.08. The van der Waals surface area contributed by atoms with E-state index in [0.717, 1.165) is 19.7 Å². The van der Waals surface area contributed by atoms with Gasteiger partial charge in [-0.2, -0.15) is 0 Å². The molecule has 0 saturated heterocycles. The van der Waals surface area contributed by atoms with Crippen LogP contribution in [0.25, 0.3) is 0 Å². The smallest absolute Gasteiger partial charge is 0.0589 e. The van der Waals surface area contributed by atoms with E-state index in [9.17, 15) is 0 Å². The van der Waals surface area contributed by atoms with Gasteiger partial charge in [0.25, 0.3) is 0 Å². The Morgan fingerprint density at radius 2 is 2.00 bits per heavy atom. The summed E-state index contributed by atoms with van der Waals surface area (Å²) in [6.45, 7) is 9.56. The molecule has 0 rings (SSSR count). The van der Waals surface area contributed by atoms with Crippen molar-refractivity contribution < 1.29 is 4.74 Å². The zero-order valence-corrected chi connectivity index (χ0v) is 9.63. The van der Waals surface area contributed by atoms with Crippen LogP contribution in [-0.2, 0) is 4.74 Å². The fourth-order valence-electron chi connectivity index (χ4n) is 1.42. The molecule has 80 valence electrons. The maximum atomic E-state index is 5.08. The van der Waals surface area contributed by atoms with Crippen molar-refractivity contribution in [1.82, 2.24) is 10.2 Å². The zero-order chi connectivity index (χ0) is 10.3. The Morgan fingerprint density at radius 3 is 2.38 bits per heavy atom. The maximum Gasteiger partial charge on any atom is 0.0589 e. The normalized spacial score (nSPS) is 16.2. The van der Waals surface area contributed by atoms with Gasteiger partial charge in [-0.05, 0) is 27.4 Å². The lowest BCUT2D eigenvalue weighted by Crippen LogP contribution is -2.46. The monoisotopic (exact) mass is 188 g/mol. The van der Waals surface area contributed by atoms with Crippen LogP contribution in [0.5, 0.6) is 0 Å².